The number of Topliss-reactive ketones (excluding diaryl/α,β-unsaturated/α-hetero) is 1. The van der Waals surface area contributed by atoms with Gasteiger partial charge in [0.2, 0.25) is 0 Å². The number of aromatic amines is 1. The summed E-state index contributed by atoms with van der Waals surface area (Å²) in [5.41, 5.74) is -3.79. The highest BCUT2D eigenvalue weighted by Crippen LogP contribution is 2.38. The summed E-state index contributed by atoms with van der Waals surface area (Å²) in [6, 6.07) is 0. The van der Waals surface area contributed by atoms with Crippen molar-refractivity contribution in [1.29, 1.82) is 0 Å². The van der Waals surface area contributed by atoms with Gasteiger partial charge in [0.05, 0.1) is 13.2 Å². The SMILES string of the molecule is COC(=O)OC[C@@H]1C[C@](O)(C(C)=O)[C@H](n2cc(Cl)c(=O)[nH]c2=O)O1. The lowest BCUT2D eigenvalue weighted by Crippen LogP contribution is -2.46. The minimum Gasteiger partial charge on any atom is -0.438 e. The van der Waals surface area contributed by atoms with E-state index in [2.05, 4.69) is 4.74 Å². The first kappa shape index (κ1) is 18.2. The van der Waals surface area contributed by atoms with Crippen LogP contribution in [0.4, 0.5) is 4.79 Å². The molecule has 1 aliphatic heterocycles. The zero-order valence-corrected chi connectivity index (χ0v) is 13.5. The zero-order valence-electron chi connectivity index (χ0n) is 12.8. The number of ketones is 1. The first-order valence-corrected chi connectivity index (χ1v) is 7.17. The van der Waals surface area contributed by atoms with E-state index in [-0.39, 0.29) is 18.1 Å². The Balaban J connectivity index is 2.35. The van der Waals surface area contributed by atoms with Gasteiger partial charge >= 0.3 is 11.8 Å². The van der Waals surface area contributed by atoms with E-state index in [9.17, 15) is 24.3 Å². The average Bonchev–Trinajstić information content (AvgIpc) is 2.86. The van der Waals surface area contributed by atoms with E-state index in [4.69, 9.17) is 21.1 Å². The van der Waals surface area contributed by atoms with E-state index in [0.717, 1.165) is 24.8 Å². The number of carbonyl (C=O) groups is 2. The summed E-state index contributed by atoms with van der Waals surface area (Å²) in [7, 11) is 1.12. The molecule has 1 saturated heterocycles. The van der Waals surface area contributed by atoms with Crippen molar-refractivity contribution >= 4 is 23.5 Å². The maximum atomic E-state index is 11.9. The normalized spacial score (nSPS) is 26.2. The first-order chi connectivity index (χ1) is 11.2. The van der Waals surface area contributed by atoms with Crippen molar-refractivity contribution in [1.82, 2.24) is 9.55 Å². The number of ether oxygens (including phenoxy) is 3. The van der Waals surface area contributed by atoms with Gasteiger partial charge in [0.1, 0.15) is 11.6 Å². The number of hydrogen-bond donors (Lipinski definition) is 2. The quantitative estimate of drug-likeness (QED) is 0.689. The Hall–Kier alpha value is -2.17. The molecule has 3 atom stereocenters. The number of halogens is 1. The number of aromatic nitrogens is 2. The van der Waals surface area contributed by atoms with Crippen LogP contribution in [-0.2, 0) is 19.0 Å². The fourth-order valence-corrected chi connectivity index (χ4v) is 2.51. The fourth-order valence-electron chi connectivity index (χ4n) is 2.36. The molecule has 2 rings (SSSR count). The van der Waals surface area contributed by atoms with Crippen LogP contribution in [0.3, 0.4) is 0 Å². The number of rotatable bonds is 4. The monoisotopic (exact) mass is 362 g/mol. The Morgan fingerprint density at radius 1 is 1.54 bits per heavy atom. The molecule has 2 N–H and O–H groups in total. The molecule has 1 fully saturated rings. The molecule has 0 bridgehead atoms. The van der Waals surface area contributed by atoms with E-state index in [1.807, 2.05) is 4.98 Å². The smallest absolute Gasteiger partial charge is 0.438 e. The van der Waals surface area contributed by atoms with Gasteiger partial charge in [0.25, 0.3) is 5.56 Å². The highest BCUT2D eigenvalue weighted by Gasteiger charge is 2.52. The molecule has 132 valence electrons. The summed E-state index contributed by atoms with van der Waals surface area (Å²) in [6.07, 6.45) is -2.54. The summed E-state index contributed by atoms with van der Waals surface area (Å²) in [6.45, 7) is 0.822. The maximum absolute atomic E-state index is 11.9. The van der Waals surface area contributed by atoms with Crippen molar-refractivity contribution in [3.05, 3.63) is 32.1 Å². The number of nitrogens with one attached hydrogen (secondary N) is 1. The van der Waals surface area contributed by atoms with E-state index in [0.29, 0.717) is 0 Å². The Labute approximate surface area is 139 Å². The zero-order chi connectivity index (χ0) is 18.1. The van der Waals surface area contributed by atoms with Crippen molar-refractivity contribution < 1.29 is 28.9 Å². The highest BCUT2D eigenvalue weighted by atomic mass is 35.5. The first-order valence-electron chi connectivity index (χ1n) is 6.79. The molecule has 0 unspecified atom stereocenters. The Morgan fingerprint density at radius 2 is 2.21 bits per heavy atom. The molecule has 0 amide bonds. The predicted octanol–water partition coefficient (Wildman–Crippen LogP) is -0.419. The van der Waals surface area contributed by atoms with Crippen LogP contribution >= 0.6 is 11.6 Å². The van der Waals surface area contributed by atoms with Crippen LogP contribution in [-0.4, -0.2) is 52.0 Å². The molecule has 0 radical (unpaired) electrons. The second-order valence-electron chi connectivity index (χ2n) is 5.20. The molecule has 2 heterocycles. The van der Waals surface area contributed by atoms with Gasteiger partial charge in [-0.05, 0) is 6.92 Å². The molecule has 11 heteroatoms. The van der Waals surface area contributed by atoms with Gasteiger partial charge in [-0.25, -0.2) is 9.59 Å². The van der Waals surface area contributed by atoms with Gasteiger partial charge in [0, 0.05) is 12.6 Å². The van der Waals surface area contributed by atoms with Crippen LogP contribution < -0.4 is 11.2 Å². The lowest BCUT2D eigenvalue weighted by Gasteiger charge is -2.26. The van der Waals surface area contributed by atoms with Crippen LogP contribution in [0, 0.1) is 0 Å². The third-order valence-electron chi connectivity index (χ3n) is 3.61. The molecule has 1 aromatic rings. The Bertz CT molecular complexity index is 772. The maximum Gasteiger partial charge on any atom is 0.508 e. The second-order valence-corrected chi connectivity index (χ2v) is 5.61. The molecule has 1 aliphatic rings. The van der Waals surface area contributed by atoms with Gasteiger partial charge in [-0.2, -0.15) is 0 Å². The Kier molecular flexibility index (Phi) is 5.11. The number of hydrogen-bond acceptors (Lipinski definition) is 8. The van der Waals surface area contributed by atoms with Gasteiger partial charge in [0.15, 0.2) is 17.6 Å². The number of carbonyl (C=O) groups excluding carboxylic acids is 2. The van der Waals surface area contributed by atoms with Crippen LogP contribution in [0.15, 0.2) is 15.8 Å². The van der Waals surface area contributed by atoms with Crippen molar-refractivity contribution in [2.75, 3.05) is 13.7 Å². The molecule has 0 aliphatic carbocycles. The van der Waals surface area contributed by atoms with Gasteiger partial charge in [-0.3, -0.25) is 19.1 Å². The van der Waals surface area contributed by atoms with Crippen LogP contribution in [0.1, 0.15) is 19.6 Å². The van der Waals surface area contributed by atoms with E-state index in [1.165, 1.54) is 0 Å². The number of methoxy groups -OCH3 is 1. The Morgan fingerprint density at radius 3 is 2.79 bits per heavy atom. The van der Waals surface area contributed by atoms with Gasteiger partial charge < -0.3 is 19.3 Å². The number of aliphatic hydroxyl groups is 1. The van der Waals surface area contributed by atoms with E-state index < -0.39 is 41.1 Å². The lowest BCUT2D eigenvalue weighted by atomic mass is 9.93. The second kappa shape index (κ2) is 6.75. The molecule has 1 aromatic heterocycles. The van der Waals surface area contributed by atoms with Crippen molar-refractivity contribution in [2.45, 2.75) is 31.3 Å². The van der Waals surface area contributed by atoms with Crippen molar-refractivity contribution in [2.24, 2.45) is 0 Å². The molecule has 0 aromatic carbocycles. The van der Waals surface area contributed by atoms with Crippen molar-refractivity contribution in [3.8, 4) is 0 Å². The minimum absolute atomic E-state index is 0.229. The molecule has 10 nitrogen and oxygen atoms in total. The lowest BCUT2D eigenvalue weighted by molar-refractivity contribution is -0.149. The van der Waals surface area contributed by atoms with Crippen molar-refractivity contribution in [3.63, 3.8) is 0 Å². The topological polar surface area (TPSA) is 137 Å². The van der Waals surface area contributed by atoms with Gasteiger partial charge in [-0.1, -0.05) is 11.6 Å². The molecule has 24 heavy (non-hydrogen) atoms. The molecular formula is C13H15ClN2O8. The standard InChI is InChI=1S/C13H15ClN2O8/c1-6(17)13(21)3-7(5-23-12(20)22-2)24-10(13)16-4-8(14)9(18)15-11(16)19/h4,7,10,21H,3,5H2,1-2H3,(H,15,18,19)/t7-,10+,13-/m0/s1. The third-order valence-corrected chi connectivity index (χ3v) is 3.88. The van der Waals surface area contributed by atoms with Crippen LogP contribution in [0.25, 0.3) is 0 Å². The van der Waals surface area contributed by atoms with E-state index >= 15 is 0 Å². The summed E-state index contributed by atoms with van der Waals surface area (Å²) in [4.78, 5) is 48.1. The number of H-pyrrole nitrogens is 1. The minimum atomic E-state index is -2.06. The summed E-state index contributed by atoms with van der Waals surface area (Å²) in [5.74, 6) is -0.665. The van der Waals surface area contributed by atoms with Crippen LogP contribution in [0.2, 0.25) is 5.02 Å². The van der Waals surface area contributed by atoms with Crippen LogP contribution in [0.5, 0.6) is 0 Å². The number of nitrogens with zero attached hydrogens (tertiary/aromatic N) is 1. The summed E-state index contributed by atoms with van der Waals surface area (Å²) < 4.78 is 15.3. The van der Waals surface area contributed by atoms with E-state index in [1.54, 1.807) is 0 Å². The average molecular weight is 363 g/mol. The highest BCUT2D eigenvalue weighted by molar-refractivity contribution is 6.30. The molecule has 0 spiro atoms. The largest absolute Gasteiger partial charge is 0.508 e. The predicted molar refractivity (Wildman–Crippen MR) is 78.8 cm³/mol. The summed E-state index contributed by atoms with van der Waals surface area (Å²) >= 11 is 5.68. The fraction of sp³-hybridized carbons (Fsp3) is 0.538. The van der Waals surface area contributed by atoms with Gasteiger partial charge in [-0.15, -0.1) is 0 Å². The third kappa shape index (κ3) is 3.35. The molecule has 0 saturated carbocycles. The summed E-state index contributed by atoms with van der Waals surface area (Å²) in [5, 5.41) is 10.3. The molecular weight excluding hydrogens is 348 g/mol.